The van der Waals surface area contributed by atoms with Gasteiger partial charge in [0.2, 0.25) is 0 Å². The van der Waals surface area contributed by atoms with Crippen LogP contribution in [-0.2, 0) is 0 Å². The predicted molar refractivity (Wildman–Crippen MR) is 72.4 cm³/mol. The summed E-state index contributed by atoms with van der Waals surface area (Å²) in [6.45, 7) is 2.34. The molecule has 0 spiro atoms. The van der Waals surface area contributed by atoms with E-state index in [0.29, 0.717) is 12.4 Å². The highest BCUT2D eigenvalue weighted by Crippen LogP contribution is 2.16. The second kappa shape index (κ2) is 8.15. The monoisotopic (exact) mass is 307 g/mol. The Kier molecular flexibility index (Phi) is 6.85. The quantitative estimate of drug-likeness (QED) is 0.601. The number of benzene rings is 1. The molecule has 0 aliphatic rings. The first-order valence-corrected chi connectivity index (χ1v) is 7.02. The Bertz CT molecular complexity index is 462. The molecule has 0 radical (unpaired) electrons. The summed E-state index contributed by atoms with van der Waals surface area (Å²) >= 11 is 5.66. The average molecular weight is 308 g/mol. The molecule has 0 aliphatic carbocycles. The zero-order chi connectivity index (χ0) is 15.1. The summed E-state index contributed by atoms with van der Waals surface area (Å²) in [4.78, 5) is 11.8. The van der Waals surface area contributed by atoms with Crippen molar-refractivity contribution >= 4 is 17.5 Å². The van der Waals surface area contributed by atoms with Gasteiger partial charge in [-0.05, 0) is 30.9 Å². The Morgan fingerprint density at radius 1 is 1.25 bits per heavy atom. The van der Waals surface area contributed by atoms with E-state index in [2.05, 4.69) is 5.32 Å². The first-order valence-electron chi connectivity index (χ1n) is 6.48. The molecule has 0 heterocycles. The molecule has 0 aliphatic heterocycles. The molecule has 1 aromatic rings. The lowest BCUT2D eigenvalue weighted by molar-refractivity contribution is 0.0940. The Morgan fingerprint density at radius 2 is 1.95 bits per heavy atom. The molecule has 0 bridgehead atoms. The van der Waals surface area contributed by atoms with Crippen molar-refractivity contribution in [2.75, 3.05) is 12.4 Å². The number of rotatable bonds is 7. The number of carbonyl (C=O) groups is 1. The fraction of sp³-hybridized carbons (Fsp3) is 0.500. The van der Waals surface area contributed by atoms with Crippen LogP contribution in [0.5, 0.6) is 0 Å². The molecule has 0 saturated carbocycles. The van der Waals surface area contributed by atoms with E-state index in [1.807, 2.05) is 6.92 Å². The molecular weight excluding hydrogens is 291 g/mol. The molecule has 1 amide bonds. The van der Waals surface area contributed by atoms with Crippen molar-refractivity contribution in [1.29, 1.82) is 0 Å². The molecule has 1 N–H and O–H groups in total. The number of carbonyl (C=O) groups excluding carboxylic acids is 1. The Balaban J connectivity index is 2.69. The summed E-state index contributed by atoms with van der Waals surface area (Å²) in [6.07, 6.45) is 2.56. The van der Waals surface area contributed by atoms with E-state index < -0.39 is 28.9 Å². The van der Waals surface area contributed by atoms with Crippen LogP contribution in [0.4, 0.5) is 13.2 Å². The van der Waals surface area contributed by atoms with Crippen LogP contribution in [0.2, 0.25) is 0 Å². The lowest BCUT2D eigenvalue weighted by Crippen LogP contribution is -2.30. The van der Waals surface area contributed by atoms with E-state index in [9.17, 15) is 18.0 Å². The van der Waals surface area contributed by atoms with Crippen LogP contribution in [0.25, 0.3) is 0 Å². The van der Waals surface area contributed by atoms with Gasteiger partial charge in [-0.15, -0.1) is 11.6 Å². The zero-order valence-corrected chi connectivity index (χ0v) is 11.9. The van der Waals surface area contributed by atoms with Crippen molar-refractivity contribution in [1.82, 2.24) is 5.32 Å². The van der Waals surface area contributed by atoms with E-state index in [-0.39, 0.29) is 5.92 Å². The molecule has 112 valence electrons. The number of hydrogen-bond acceptors (Lipinski definition) is 1. The maximum atomic E-state index is 13.4. The van der Waals surface area contributed by atoms with Crippen LogP contribution in [-0.4, -0.2) is 18.3 Å². The third-order valence-corrected chi connectivity index (χ3v) is 3.26. The second-order valence-electron chi connectivity index (χ2n) is 4.57. The number of hydrogen-bond donors (Lipinski definition) is 1. The van der Waals surface area contributed by atoms with Gasteiger partial charge < -0.3 is 5.32 Å². The highest BCUT2D eigenvalue weighted by molar-refractivity contribution is 6.17. The lowest BCUT2D eigenvalue weighted by Gasteiger charge is -2.15. The van der Waals surface area contributed by atoms with Gasteiger partial charge in [-0.2, -0.15) is 0 Å². The fourth-order valence-corrected chi connectivity index (χ4v) is 2.25. The summed E-state index contributed by atoms with van der Waals surface area (Å²) in [6, 6.07) is 1.66. The Morgan fingerprint density at radius 3 is 2.55 bits per heavy atom. The number of alkyl halides is 1. The van der Waals surface area contributed by atoms with Gasteiger partial charge in [-0.1, -0.05) is 13.3 Å². The average Bonchev–Trinajstić information content (AvgIpc) is 2.42. The molecule has 0 aromatic heterocycles. The second-order valence-corrected chi connectivity index (χ2v) is 4.94. The van der Waals surface area contributed by atoms with E-state index in [0.717, 1.165) is 31.4 Å². The molecule has 6 heteroatoms. The van der Waals surface area contributed by atoms with Gasteiger partial charge in [0.25, 0.3) is 5.91 Å². The van der Waals surface area contributed by atoms with Gasteiger partial charge in [-0.25, -0.2) is 13.2 Å². The molecule has 1 rings (SSSR count). The molecule has 1 aromatic carbocycles. The van der Waals surface area contributed by atoms with Crippen LogP contribution in [0.15, 0.2) is 12.1 Å². The number of halogens is 4. The van der Waals surface area contributed by atoms with Crippen LogP contribution in [0.3, 0.4) is 0 Å². The van der Waals surface area contributed by atoms with E-state index in [1.54, 1.807) is 0 Å². The van der Waals surface area contributed by atoms with Crippen LogP contribution >= 0.6 is 11.6 Å². The van der Waals surface area contributed by atoms with Crippen molar-refractivity contribution in [3.63, 3.8) is 0 Å². The van der Waals surface area contributed by atoms with Crippen molar-refractivity contribution in [2.45, 2.75) is 26.2 Å². The maximum absolute atomic E-state index is 13.4. The predicted octanol–water partition coefficient (Wildman–Crippen LogP) is 3.88. The summed E-state index contributed by atoms with van der Waals surface area (Å²) in [5.74, 6) is -4.51. The third-order valence-electron chi connectivity index (χ3n) is 3.05. The summed E-state index contributed by atoms with van der Waals surface area (Å²) in [5.41, 5.74) is -0.495. The zero-order valence-electron chi connectivity index (χ0n) is 11.2. The van der Waals surface area contributed by atoms with E-state index in [4.69, 9.17) is 11.6 Å². The molecule has 1 unspecified atom stereocenters. The van der Waals surface area contributed by atoms with Gasteiger partial charge in [0.15, 0.2) is 17.5 Å². The minimum absolute atomic E-state index is 0.190. The van der Waals surface area contributed by atoms with Crippen molar-refractivity contribution in [3.05, 3.63) is 35.1 Å². The van der Waals surface area contributed by atoms with Crippen LogP contribution in [0.1, 0.15) is 36.5 Å². The summed E-state index contributed by atoms with van der Waals surface area (Å²) < 4.78 is 39.3. The van der Waals surface area contributed by atoms with Gasteiger partial charge in [0.1, 0.15) is 0 Å². The molecule has 2 nitrogen and oxygen atoms in total. The number of amides is 1. The first kappa shape index (κ1) is 16.8. The topological polar surface area (TPSA) is 29.1 Å². The molecule has 0 saturated heterocycles. The molecular formula is C14H17ClF3NO. The first-order chi connectivity index (χ1) is 9.51. The smallest absolute Gasteiger partial charge is 0.254 e. The lowest BCUT2D eigenvalue weighted by atomic mass is 10.0. The van der Waals surface area contributed by atoms with E-state index >= 15 is 0 Å². The summed E-state index contributed by atoms with van der Waals surface area (Å²) in [7, 11) is 0. The van der Waals surface area contributed by atoms with Crippen molar-refractivity contribution in [3.8, 4) is 0 Å². The highest BCUT2D eigenvalue weighted by Gasteiger charge is 2.19. The summed E-state index contributed by atoms with van der Waals surface area (Å²) in [5, 5.41) is 2.53. The molecule has 1 atom stereocenters. The van der Waals surface area contributed by atoms with Crippen LogP contribution in [0, 0.1) is 23.4 Å². The minimum Gasteiger partial charge on any atom is -0.352 e. The van der Waals surface area contributed by atoms with Crippen molar-refractivity contribution in [2.24, 2.45) is 5.92 Å². The normalized spacial score (nSPS) is 12.2. The number of nitrogens with one attached hydrogen (secondary N) is 1. The van der Waals surface area contributed by atoms with E-state index in [1.165, 1.54) is 0 Å². The largest absolute Gasteiger partial charge is 0.352 e. The van der Waals surface area contributed by atoms with Gasteiger partial charge >= 0.3 is 0 Å². The Hall–Kier alpha value is -1.23. The maximum Gasteiger partial charge on any atom is 0.254 e. The standard InChI is InChI=1S/C14H17ClF3NO/c1-2-3-9(6-7-15)8-19-14(20)10-4-5-11(16)13(18)12(10)17/h4-5,9H,2-3,6-8H2,1H3,(H,19,20). The van der Waals surface area contributed by atoms with Gasteiger partial charge in [0.05, 0.1) is 5.56 Å². The van der Waals surface area contributed by atoms with Crippen molar-refractivity contribution < 1.29 is 18.0 Å². The molecule has 20 heavy (non-hydrogen) atoms. The fourth-order valence-electron chi connectivity index (χ4n) is 1.94. The SMILES string of the molecule is CCCC(CCCl)CNC(=O)c1ccc(F)c(F)c1F. The van der Waals surface area contributed by atoms with Crippen LogP contribution < -0.4 is 5.32 Å². The Labute approximate surface area is 121 Å². The minimum atomic E-state index is -1.64. The van der Waals surface area contributed by atoms with Gasteiger partial charge in [-0.3, -0.25) is 4.79 Å². The highest BCUT2D eigenvalue weighted by atomic mass is 35.5. The third kappa shape index (κ3) is 4.40. The molecule has 0 fully saturated rings. The van der Waals surface area contributed by atoms with Gasteiger partial charge in [0, 0.05) is 12.4 Å².